The van der Waals surface area contributed by atoms with E-state index >= 15 is 0 Å². The molecule has 0 unspecified atom stereocenters. The van der Waals surface area contributed by atoms with Gasteiger partial charge in [0, 0.05) is 11.5 Å². The summed E-state index contributed by atoms with van der Waals surface area (Å²) >= 11 is 0. The van der Waals surface area contributed by atoms with E-state index in [2.05, 4.69) is 0 Å². The first-order chi connectivity index (χ1) is 8.81. The zero-order chi connectivity index (χ0) is 12.8. The quantitative estimate of drug-likeness (QED) is 0.595. The Morgan fingerprint density at radius 1 is 1.22 bits per heavy atom. The van der Waals surface area contributed by atoms with Gasteiger partial charge in [0.25, 0.3) is 0 Å². The molecule has 0 bridgehead atoms. The number of hydrogen-bond acceptors (Lipinski definition) is 2. The van der Waals surface area contributed by atoms with E-state index in [1.54, 1.807) is 0 Å². The van der Waals surface area contributed by atoms with Crippen LogP contribution >= 0.6 is 0 Å². The van der Waals surface area contributed by atoms with Crippen LogP contribution in [0.5, 0.6) is 0 Å². The highest BCUT2D eigenvalue weighted by Gasteiger charge is 2.19. The van der Waals surface area contributed by atoms with Crippen molar-refractivity contribution in [1.82, 2.24) is 0 Å². The zero-order valence-electron chi connectivity index (χ0n) is 10.4. The first-order valence-electron chi connectivity index (χ1n) is 6.10. The first-order valence-corrected chi connectivity index (χ1v) is 6.10. The maximum absolute atomic E-state index is 12.0. The maximum atomic E-state index is 12.0. The number of carbonyl (C=O) groups excluding carboxylic acids is 1. The molecule has 18 heavy (non-hydrogen) atoms. The second-order valence-electron chi connectivity index (χ2n) is 4.03. The zero-order valence-corrected chi connectivity index (χ0v) is 10.4. The number of carbonyl (C=O) groups is 1. The number of rotatable bonds is 4. The molecule has 0 fully saturated rings. The van der Waals surface area contributed by atoms with E-state index in [0.29, 0.717) is 12.2 Å². The average molecular weight is 240 g/mol. The van der Waals surface area contributed by atoms with Crippen LogP contribution in [0.25, 0.3) is 6.08 Å². The highest BCUT2D eigenvalue weighted by Crippen LogP contribution is 2.23. The van der Waals surface area contributed by atoms with Gasteiger partial charge >= 0.3 is 5.97 Å². The predicted octanol–water partition coefficient (Wildman–Crippen LogP) is 3.38. The molecule has 2 rings (SSSR count). The standard InChI is InChI=1S/C16H16O2/c1-2-18-16(17)15(14-10-6-7-11-14)12-13-8-4-3-5-9-13/h3-12,14H,2H2,1H3/b15-12+. The summed E-state index contributed by atoms with van der Waals surface area (Å²) in [7, 11) is 0. The molecule has 0 amide bonds. The van der Waals surface area contributed by atoms with Crippen molar-refractivity contribution in [3.8, 4) is 0 Å². The van der Waals surface area contributed by atoms with Gasteiger partial charge in [0.2, 0.25) is 0 Å². The summed E-state index contributed by atoms with van der Waals surface area (Å²) in [5.41, 5.74) is 1.68. The Kier molecular flexibility index (Phi) is 4.13. The molecule has 0 N–H and O–H groups in total. The number of esters is 1. The minimum Gasteiger partial charge on any atom is -0.463 e. The first kappa shape index (κ1) is 12.4. The SMILES string of the molecule is CCOC(=O)/C(=C/c1ccccc1)C1C=CC=C1. The van der Waals surface area contributed by atoms with Crippen LogP contribution in [0.2, 0.25) is 0 Å². The lowest BCUT2D eigenvalue weighted by atomic mass is 9.98. The van der Waals surface area contributed by atoms with Crippen LogP contribution in [0, 0.1) is 5.92 Å². The Balaban J connectivity index is 2.30. The molecule has 92 valence electrons. The molecule has 0 saturated heterocycles. The lowest BCUT2D eigenvalue weighted by Crippen LogP contribution is -2.12. The predicted molar refractivity (Wildman–Crippen MR) is 72.8 cm³/mol. The van der Waals surface area contributed by atoms with E-state index in [9.17, 15) is 4.79 Å². The summed E-state index contributed by atoms with van der Waals surface area (Å²) in [5, 5.41) is 0. The average Bonchev–Trinajstić information content (AvgIpc) is 2.91. The van der Waals surface area contributed by atoms with Crippen LogP contribution in [-0.2, 0) is 9.53 Å². The molecule has 1 aromatic rings. The fourth-order valence-electron chi connectivity index (χ4n) is 1.87. The number of benzene rings is 1. The van der Waals surface area contributed by atoms with Gasteiger partial charge in [-0.25, -0.2) is 4.79 Å². The van der Waals surface area contributed by atoms with Gasteiger partial charge < -0.3 is 4.74 Å². The molecule has 1 aromatic carbocycles. The van der Waals surface area contributed by atoms with E-state index in [1.807, 2.05) is 67.6 Å². The Morgan fingerprint density at radius 2 is 1.89 bits per heavy atom. The molecule has 0 aromatic heterocycles. The van der Waals surface area contributed by atoms with Crippen LogP contribution < -0.4 is 0 Å². The van der Waals surface area contributed by atoms with Gasteiger partial charge in [-0.1, -0.05) is 54.6 Å². The highest BCUT2D eigenvalue weighted by molar-refractivity contribution is 5.95. The molecule has 0 spiro atoms. The molecule has 0 heterocycles. The molecule has 0 aliphatic heterocycles. The van der Waals surface area contributed by atoms with E-state index < -0.39 is 0 Å². The number of allylic oxidation sites excluding steroid dienone is 4. The third-order valence-electron chi connectivity index (χ3n) is 2.74. The summed E-state index contributed by atoms with van der Waals surface area (Å²) in [6.07, 6.45) is 9.77. The minimum absolute atomic E-state index is 0.0178. The third kappa shape index (κ3) is 2.98. The van der Waals surface area contributed by atoms with Gasteiger partial charge in [-0.2, -0.15) is 0 Å². The Bertz CT molecular complexity index is 483. The Hall–Kier alpha value is -2.09. The van der Waals surface area contributed by atoms with E-state index in [4.69, 9.17) is 4.74 Å². The van der Waals surface area contributed by atoms with Crippen molar-refractivity contribution in [3.63, 3.8) is 0 Å². The Labute approximate surface area is 107 Å². The maximum Gasteiger partial charge on any atom is 0.334 e. The summed E-state index contributed by atoms with van der Waals surface area (Å²) in [6.45, 7) is 2.21. The van der Waals surface area contributed by atoms with Gasteiger partial charge in [0.15, 0.2) is 0 Å². The monoisotopic (exact) mass is 240 g/mol. The summed E-state index contributed by atoms with van der Waals surface area (Å²) in [6, 6.07) is 9.81. The molecular formula is C16H16O2. The van der Waals surface area contributed by atoms with E-state index in [1.165, 1.54) is 0 Å². The van der Waals surface area contributed by atoms with Crippen LogP contribution in [0.3, 0.4) is 0 Å². The van der Waals surface area contributed by atoms with Crippen molar-refractivity contribution in [2.45, 2.75) is 6.92 Å². The number of hydrogen-bond donors (Lipinski definition) is 0. The topological polar surface area (TPSA) is 26.3 Å². The molecule has 0 saturated carbocycles. The van der Waals surface area contributed by atoms with Crippen molar-refractivity contribution in [3.05, 3.63) is 65.8 Å². The number of ether oxygens (including phenoxy) is 1. The van der Waals surface area contributed by atoms with Crippen LogP contribution in [0.1, 0.15) is 12.5 Å². The van der Waals surface area contributed by atoms with Gasteiger partial charge in [-0.05, 0) is 18.6 Å². The molecule has 0 radical (unpaired) electrons. The van der Waals surface area contributed by atoms with Crippen LogP contribution in [-0.4, -0.2) is 12.6 Å². The van der Waals surface area contributed by atoms with Crippen LogP contribution in [0.15, 0.2) is 60.2 Å². The largest absolute Gasteiger partial charge is 0.463 e. The van der Waals surface area contributed by atoms with Crippen molar-refractivity contribution in [2.75, 3.05) is 6.61 Å². The molecule has 1 aliphatic carbocycles. The van der Waals surface area contributed by atoms with Gasteiger partial charge in [-0.15, -0.1) is 0 Å². The molecule has 2 heteroatoms. The van der Waals surface area contributed by atoms with Crippen molar-refractivity contribution in [1.29, 1.82) is 0 Å². The summed E-state index contributed by atoms with van der Waals surface area (Å²) < 4.78 is 5.11. The van der Waals surface area contributed by atoms with Crippen molar-refractivity contribution >= 4 is 12.0 Å². The fraction of sp³-hybridized carbons (Fsp3) is 0.188. The molecular weight excluding hydrogens is 224 g/mol. The second-order valence-corrected chi connectivity index (χ2v) is 4.03. The van der Waals surface area contributed by atoms with Crippen molar-refractivity contribution in [2.24, 2.45) is 5.92 Å². The molecule has 2 nitrogen and oxygen atoms in total. The normalized spacial score (nSPS) is 15.1. The van der Waals surface area contributed by atoms with Gasteiger partial charge in [0.1, 0.15) is 0 Å². The van der Waals surface area contributed by atoms with Gasteiger partial charge in [0.05, 0.1) is 6.61 Å². The van der Waals surface area contributed by atoms with Crippen LogP contribution in [0.4, 0.5) is 0 Å². The second kappa shape index (κ2) is 6.01. The van der Waals surface area contributed by atoms with E-state index in [0.717, 1.165) is 5.56 Å². The van der Waals surface area contributed by atoms with Gasteiger partial charge in [-0.3, -0.25) is 0 Å². The lowest BCUT2D eigenvalue weighted by Gasteiger charge is -2.10. The minimum atomic E-state index is -0.248. The third-order valence-corrected chi connectivity index (χ3v) is 2.74. The highest BCUT2D eigenvalue weighted by atomic mass is 16.5. The Morgan fingerprint density at radius 3 is 2.50 bits per heavy atom. The molecule has 1 aliphatic rings. The summed E-state index contributed by atoms with van der Waals surface area (Å²) in [4.78, 5) is 12.0. The van der Waals surface area contributed by atoms with E-state index in [-0.39, 0.29) is 11.9 Å². The molecule has 0 atom stereocenters. The fourth-order valence-corrected chi connectivity index (χ4v) is 1.87. The van der Waals surface area contributed by atoms with Crippen molar-refractivity contribution < 1.29 is 9.53 Å². The lowest BCUT2D eigenvalue weighted by molar-refractivity contribution is -0.138. The smallest absolute Gasteiger partial charge is 0.334 e. The summed E-state index contributed by atoms with van der Waals surface area (Å²) in [5.74, 6) is -0.230.